The standard InChI is InChI=1S/C15H20N2O2S2/c1-4-17-21(18,19)15-7-5-14(6-8-15)16-10-13-9-11(2)20-12(13)3/h5-9,16-17H,4,10H2,1-3H3. The number of hydrogen-bond donors (Lipinski definition) is 2. The van der Waals surface area contributed by atoms with Crippen molar-refractivity contribution in [2.45, 2.75) is 32.2 Å². The van der Waals surface area contributed by atoms with E-state index < -0.39 is 10.0 Å². The molecule has 0 spiro atoms. The van der Waals surface area contributed by atoms with Gasteiger partial charge in [0.2, 0.25) is 10.0 Å². The summed E-state index contributed by atoms with van der Waals surface area (Å²) in [5.41, 5.74) is 2.19. The molecule has 0 amide bonds. The maximum absolute atomic E-state index is 11.8. The fraction of sp³-hybridized carbons (Fsp3) is 0.333. The van der Waals surface area contributed by atoms with Crippen LogP contribution in [0.25, 0.3) is 0 Å². The van der Waals surface area contributed by atoms with Gasteiger partial charge < -0.3 is 5.32 Å². The predicted octanol–water partition coefficient (Wildman–Crippen LogP) is 3.28. The van der Waals surface area contributed by atoms with Gasteiger partial charge in [0.1, 0.15) is 0 Å². The molecule has 0 aliphatic carbocycles. The van der Waals surface area contributed by atoms with Gasteiger partial charge in [0.25, 0.3) is 0 Å². The minimum absolute atomic E-state index is 0.289. The molecular weight excluding hydrogens is 304 g/mol. The van der Waals surface area contributed by atoms with Gasteiger partial charge in [0.05, 0.1) is 4.90 Å². The number of hydrogen-bond acceptors (Lipinski definition) is 4. The summed E-state index contributed by atoms with van der Waals surface area (Å²) in [5, 5.41) is 3.32. The zero-order valence-electron chi connectivity index (χ0n) is 12.4. The Morgan fingerprint density at radius 2 is 1.81 bits per heavy atom. The Bertz CT molecular complexity index is 704. The van der Waals surface area contributed by atoms with Gasteiger partial charge in [-0.1, -0.05) is 6.92 Å². The number of sulfonamides is 1. The molecule has 2 rings (SSSR count). The molecule has 0 bridgehead atoms. The maximum Gasteiger partial charge on any atom is 0.240 e. The average Bonchev–Trinajstić information content (AvgIpc) is 2.75. The van der Waals surface area contributed by atoms with Gasteiger partial charge in [-0.15, -0.1) is 11.3 Å². The SMILES string of the molecule is CCNS(=O)(=O)c1ccc(NCc2cc(C)sc2C)cc1. The Morgan fingerprint density at radius 1 is 1.14 bits per heavy atom. The van der Waals surface area contributed by atoms with Crippen molar-refractivity contribution in [2.24, 2.45) is 0 Å². The second-order valence-electron chi connectivity index (χ2n) is 4.82. The molecule has 4 nitrogen and oxygen atoms in total. The van der Waals surface area contributed by atoms with Gasteiger partial charge in [0.15, 0.2) is 0 Å². The lowest BCUT2D eigenvalue weighted by atomic mass is 10.2. The quantitative estimate of drug-likeness (QED) is 0.857. The molecule has 0 unspecified atom stereocenters. The molecule has 2 aromatic rings. The van der Waals surface area contributed by atoms with Crippen molar-refractivity contribution >= 4 is 27.0 Å². The van der Waals surface area contributed by atoms with Crippen LogP contribution in [0.2, 0.25) is 0 Å². The molecule has 1 aromatic heterocycles. The number of rotatable bonds is 6. The maximum atomic E-state index is 11.8. The highest BCUT2D eigenvalue weighted by molar-refractivity contribution is 7.89. The molecule has 6 heteroatoms. The number of anilines is 1. The van der Waals surface area contributed by atoms with Crippen molar-refractivity contribution in [2.75, 3.05) is 11.9 Å². The van der Waals surface area contributed by atoms with Crippen LogP contribution >= 0.6 is 11.3 Å². The number of nitrogens with one attached hydrogen (secondary N) is 2. The van der Waals surface area contributed by atoms with Crippen LogP contribution in [0.1, 0.15) is 22.2 Å². The molecule has 1 heterocycles. The van der Waals surface area contributed by atoms with E-state index in [1.54, 1.807) is 42.5 Å². The molecule has 114 valence electrons. The molecule has 0 fully saturated rings. The molecule has 0 saturated carbocycles. The Hall–Kier alpha value is -1.37. The Labute approximate surface area is 130 Å². The number of thiophene rings is 1. The van der Waals surface area contributed by atoms with Gasteiger partial charge in [-0.2, -0.15) is 0 Å². The molecule has 21 heavy (non-hydrogen) atoms. The van der Waals surface area contributed by atoms with Gasteiger partial charge in [-0.05, 0) is 49.7 Å². The largest absolute Gasteiger partial charge is 0.381 e. The summed E-state index contributed by atoms with van der Waals surface area (Å²) in [6, 6.07) is 8.99. The predicted molar refractivity (Wildman–Crippen MR) is 88.4 cm³/mol. The lowest BCUT2D eigenvalue weighted by Gasteiger charge is -2.08. The highest BCUT2D eigenvalue weighted by atomic mass is 32.2. The van der Waals surface area contributed by atoms with E-state index in [9.17, 15) is 8.42 Å². The molecule has 2 N–H and O–H groups in total. The average molecular weight is 324 g/mol. The van der Waals surface area contributed by atoms with E-state index in [1.165, 1.54) is 15.3 Å². The summed E-state index contributed by atoms with van der Waals surface area (Å²) < 4.78 is 26.2. The molecule has 0 saturated heterocycles. The fourth-order valence-corrected chi connectivity index (χ4v) is 4.07. The van der Waals surface area contributed by atoms with Crippen LogP contribution in [0.15, 0.2) is 35.2 Å². The van der Waals surface area contributed by atoms with Crippen LogP contribution in [0.3, 0.4) is 0 Å². The van der Waals surface area contributed by atoms with E-state index in [1.807, 2.05) is 0 Å². The summed E-state index contributed by atoms with van der Waals surface area (Å²) in [4.78, 5) is 2.90. The molecule has 0 atom stereocenters. The second kappa shape index (κ2) is 6.60. The minimum Gasteiger partial charge on any atom is -0.381 e. The van der Waals surface area contributed by atoms with E-state index in [-0.39, 0.29) is 4.90 Å². The van der Waals surface area contributed by atoms with Gasteiger partial charge in [0, 0.05) is 28.5 Å². The van der Waals surface area contributed by atoms with E-state index in [0.29, 0.717) is 6.54 Å². The Balaban J connectivity index is 2.05. The van der Waals surface area contributed by atoms with E-state index in [2.05, 4.69) is 30.0 Å². The summed E-state index contributed by atoms with van der Waals surface area (Å²) in [6.07, 6.45) is 0. The zero-order valence-corrected chi connectivity index (χ0v) is 14.1. The molecular formula is C15H20N2O2S2. The first-order valence-electron chi connectivity index (χ1n) is 6.82. The lowest BCUT2D eigenvalue weighted by Crippen LogP contribution is -2.23. The monoisotopic (exact) mass is 324 g/mol. The Kier molecular flexibility index (Phi) is 5.03. The van der Waals surface area contributed by atoms with Crippen LogP contribution in [0.5, 0.6) is 0 Å². The smallest absolute Gasteiger partial charge is 0.240 e. The molecule has 0 aliphatic rings. The zero-order chi connectivity index (χ0) is 15.5. The van der Waals surface area contributed by atoms with Gasteiger partial charge in [-0.3, -0.25) is 0 Å². The van der Waals surface area contributed by atoms with Crippen LogP contribution in [-0.2, 0) is 16.6 Å². The summed E-state index contributed by atoms with van der Waals surface area (Å²) >= 11 is 1.79. The van der Waals surface area contributed by atoms with Crippen molar-refractivity contribution in [3.05, 3.63) is 45.6 Å². The first-order chi connectivity index (χ1) is 9.92. The normalized spacial score (nSPS) is 11.6. The lowest BCUT2D eigenvalue weighted by molar-refractivity contribution is 0.584. The van der Waals surface area contributed by atoms with Crippen LogP contribution in [0.4, 0.5) is 5.69 Å². The molecule has 0 aliphatic heterocycles. The third-order valence-electron chi connectivity index (χ3n) is 3.13. The van der Waals surface area contributed by atoms with Crippen LogP contribution < -0.4 is 10.0 Å². The summed E-state index contributed by atoms with van der Waals surface area (Å²) in [7, 11) is -3.37. The van der Waals surface area contributed by atoms with Crippen molar-refractivity contribution in [1.82, 2.24) is 4.72 Å². The minimum atomic E-state index is -3.37. The summed E-state index contributed by atoms with van der Waals surface area (Å²) in [5.74, 6) is 0. The van der Waals surface area contributed by atoms with Gasteiger partial charge in [-0.25, -0.2) is 13.1 Å². The highest BCUT2D eigenvalue weighted by Crippen LogP contribution is 2.22. The van der Waals surface area contributed by atoms with Crippen LogP contribution in [-0.4, -0.2) is 15.0 Å². The molecule has 0 radical (unpaired) electrons. The van der Waals surface area contributed by atoms with Crippen molar-refractivity contribution in [3.8, 4) is 0 Å². The second-order valence-corrected chi connectivity index (χ2v) is 8.05. The fourth-order valence-electron chi connectivity index (χ4n) is 2.08. The Morgan fingerprint density at radius 3 is 2.33 bits per heavy atom. The summed E-state index contributed by atoms with van der Waals surface area (Å²) in [6.45, 7) is 7.11. The van der Waals surface area contributed by atoms with Gasteiger partial charge >= 0.3 is 0 Å². The van der Waals surface area contributed by atoms with E-state index in [0.717, 1.165) is 12.2 Å². The molecule has 1 aromatic carbocycles. The van der Waals surface area contributed by atoms with Crippen LogP contribution in [0, 0.1) is 13.8 Å². The first-order valence-corrected chi connectivity index (χ1v) is 9.12. The van der Waals surface area contributed by atoms with E-state index in [4.69, 9.17) is 0 Å². The number of benzene rings is 1. The first kappa shape index (κ1) is 16.0. The topological polar surface area (TPSA) is 58.2 Å². The third-order valence-corrected chi connectivity index (χ3v) is 5.70. The van der Waals surface area contributed by atoms with Crippen molar-refractivity contribution in [3.63, 3.8) is 0 Å². The van der Waals surface area contributed by atoms with Crippen molar-refractivity contribution < 1.29 is 8.42 Å². The highest BCUT2D eigenvalue weighted by Gasteiger charge is 2.11. The third kappa shape index (κ3) is 4.06. The van der Waals surface area contributed by atoms with Crippen molar-refractivity contribution in [1.29, 1.82) is 0 Å². The van der Waals surface area contributed by atoms with E-state index >= 15 is 0 Å². The number of aryl methyl sites for hydroxylation is 2.